The predicted molar refractivity (Wildman–Crippen MR) is 61.7 cm³/mol. The van der Waals surface area contributed by atoms with Gasteiger partial charge in [0, 0.05) is 23.2 Å². The molecule has 0 unspecified atom stereocenters. The smallest absolute Gasteiger partial charge is 0.0535 e. The van der Waals surface area contributed by atoms with E-state index in [2.05, 4.69) is 36.3 Å². The molecule has 0 bridgehead atoms. The van der Waals surface area contributed by atoms with Gasteiger partial charge in [0.1, 0.15) is 0 Å². The van der Waals surface area contributed by atoms with E-state index in [1.54, 1.807) is 0 Å². The molecule has 15 heavy (non-hydrogen) atoms. The highest BCUT2D eigenvalue weighted by atomic mass is 15.1. The zero-order valence-corrected chi connectivity index (χ0v) is 9.93. The lowest BCUT2D eigenvalue weighted by Crippen LogP contribution is -2.20. The number of H-pyrrole nitrogens is 1. The Hall–Kier alpha value is -0.830. The van der Waals surface area contributed by atoms with Gasteiger partial charge < -0.3 is 5.32 Å². The summed E-state index contributed by atoms with van der Waals surface area (Å²) in [6.07, 6.45) is 4.76. The van der Waals surface area contributed by atoms with Crippen LogP contribution in [0.3, 0.4) is 0 Å². The van der Waals surface area contributed by atoms with Crippen molar-refractivity contribution in [2.45, 2.75) is 45.6 Å². The molecular weight excluding hydrogens is 186 g/mol. The highest BCUT2D eigenvalue weighted by Crippen LogP contribution is 2.28. The van der Waals surface area contributed by atoms with Crippen LogP contribution in [0.5, 0.6) is 0 Å². The van der Waals surface area contributed by atoms with Crippen molar-refractivity contribution in [3.05, 3.63) is 17.5 Å². The predicted octanol–water partition coefficient (Wildman–Crippen LogP) is 2.21. The van der Waals surface area contributed by atoms with Crippen LogP contribution in [-0.4, -0.2) is 16.7 Å². The molecule has 0 saturated heterocycles. The van der Waals surface area contributed by atoms with Gasteiger partial charge >= 0.3 is 0 Å². The van der Waals surface area contributed by atoms with Crippen LogP contribution in [0.1, 0.15) is 44.9 Å². The third kappa shape index (κ3) is 2.81. The second-order valence-electron chi connectivity index (χ2n) is 5.59. The molecule has 3 heteroatoms. The van der Waals surface area contributed by atoms with Crippen LogP contribution >= 0.6 is 0 Å². The maximum absolute atomic E-state index is 4.14. The Morgan fingerprint density at radius 3 is 2.80 bits per heavy atom. The van der Waals surface area contributed by atoms with Gasteiger partial charge in [0.25, 0.3) is 0 Å². The lowest BCUT2D eigenvalue weighted by Gasteiger charge is -2.18. The molecule has 1 fully saturated rings. The molecule has 1 aliphatic rings. The summed E-state index contributed by atoms with van der Waals surface area (Å²) in [4.78, 5) is 0. The van der Waals surface area contributed by atoms with Crippen LogP contribution in [0.25, 0.3) is 0 Å². The Balaban J connectivity index is 1.91. The molecule has 0 aromatic carbocycles. The maximum atomic E-state index is 4.14. The summed E-state index contributed by atoms with van der Waals surface area (Å²) >= 11 is 0. The zero-order valence-electron chi connectivity index (χ0n) is 9.93. The van der Waals surface area contributed by atoms with Crippen molar-refractivity contribution in [2.75, 3.05) is 6.54 Å². The molecule has 0 amide bonds. The Bertz CT molecular complexity index is 318. The molecule has 1 saturated carbocycles. The van der Waals surface area contributed by atoms with Gasteiger partial charge in [-0.15, -0.1) is 0 Å². The molecule has 1 aromatic rings. The quantitative estimate of drug-likeness (QED) is 0.794. The van der Waals surface area contributed by atoms with Gasteiger partial charge in [-0.2, -0.15) is 5.10 Å². The molecule has 0 spiro atoms. The van der Waals surface area contributed by atoms with Crippen LogP contribution in [0.15, 0.2) is 6.20 Å². The number of aromatic nitrogens is 2. The summed E-state index contributed by atoms with van der Waals surface area (Å²) in [5, 5.41) is 10.7. The Morgan fingerprint density at radius 2 is 2.20 bits per heavy atom. The summed E-state index contributed by atoms with van der Waals surface area (Å²) in [7, 11) is 0. The summed E-state index contributed by atoms with van der Waals surface area (Å²) < 4.78 is 0. The van der Waals surface area contributed by atoms with Gasteiger partial charge in [0.15, 0.2) is 0 Å². The fourth-order valence-corrected chi connectivity index (χ4v) is 1.83. The molecule has 2 rings (SSSR count). The fraction of sp³-hybridized carbons (Fsp3) is 0.750. The second kappa shape index (κ2) is 3.97. The molecule has 84 valence electrons. The first-order valence-corrected chi connectivity index (χ1v) is 5.81. The van der Waals surface area contributed by atoms with Crippen LogP contribution < -0.4 is 5.32 Å². The molecule has 1 aromatic heterocycles. The lowest BCUT2D eigenvalue weighted by atomic mass is 9.89. The molecule has 0 radical (unpaired) electrons. The van der Waals surface area contributed by atoms with Crippen LogP contribution in [0.4, 0.5) is 0 Å². The minimum atomic E-state index is 0.160. The van der Waals surface area contributed by atoms with E-state index in [0.29, 0.717) is 0 Å². The Kier molecular flexibility index (Phi) is 2.83. The first kappa shape index (κ1) is 10.7. The van der Waals surface area contributed by atoms with Gasteiger partial charge in [-0.05, 0) is 25.3 Å². The third-order valence-electron chi connectivity index (χ3n) is 2.91. The van der Waals surface area contributed by atoms with Crippen molar-refractivity contribution in [1.82, 2.24) is 15.5 Å². The van der Waals surface area contributed by atoms with Gasteiger partial charge in [-0.25, -0.2) is 0 Å². The lowest BCUT2D eigenvalue weighted by molar-refractivity contribution is 0.551. The van der Waals surface area contributed by atoms with Crippen LogP contribution in [0.2, 0.25) is 0 Å². The van der Waals surface area contributed by atoms with E-state index in [4.69, 9.17) is 0 Å². The minimum absolute atomic E-state index is 0.160. The van der Waals surface area contributed by atoms with Crippen molar-refractivity contribution in [3.8, 4) is 0 Å². The molecule has 0 aliphatic heterocycles. The molecule has 0 atom stereocenters. The summed E-state index contributed by atoms with van der Waals surface area (Å²) in [5.74, 6) is 0.940. The largest absolute Gasteiger partial charge is 0.312 e. The topological polar surface area (TPSA) is 40.7 Å². The fourth-order valence-electron chi connectivity index (χ4n) is 1.83. The van der Waals surface area contributed by atoms with E-state index in [0.717, 1.165) is 19.0 Å². The van der Waals surface area contributed by atoms with Gasteiger partial charge in [0.2, 0.25) is 0 Å². The number of nitrogens with zero attached hydrogens (tertiary/aromatic N) is 1. The van der Waals surface area contributed by atoms with E-state index in [9.17, 15) is 0 Å². The number of hydrogen-bond acceptors (Lipinski definition) is 2. The van der Waals surface area contributed by atoms with Crippen LogP contribution in [0, 0.1) is 5.92 Å². The van der Waals surface area contributed by atoms with Crippen molar-refractivity contribution < 1.29 is 0 Å². The SMILES string of the molecule is CC(C)(C)c1[nH]ncc1CNCC1CC1. The average Bonchev–Trinajstić information content (AvgIpc) is 2.80. The first-order valence-electron chi connectivity index (χ1n) is 5.81. The summed E-state index contributed by atoms with van der Waals surface area (Å²) in [6, 6.07) is 0. The van der Waals surface area contributed by atoms with E-state index in [-0.39, 0.29) is 5.41 Å². The second-order valence-corrected chi connectivity index (χ2v) is 5.59. The van der Waals surface area contributed by atoms with Crippen molar-refractivity contribution in [1.29, 1.82) is 0 Å². The molecule has 3 nitrogen and oxygen atoms in total. The minimum Gasteiger partial charge on any atom is -0.312 e. The first-order chi connectivity index (χ1) is 7.07. The number of nitrogens with one attached hydrogen (secondary N) is 2. The number of aromatic amines is 1. The molecule has 1 heterocycles. The zero-order chi connectivity index (χ0) is 10.9. The molecular formula is C12H21N3. The van der Waals surface area contributed by atoms with Crippen molar-refractivity contribution >= 4 is 0 Å². The van der Waals surface area contributed by atoms with Crippen LogP contribution in [-0.2, 0) is 12.0 Å². The molecule has 1 aliphatic carbocycles. The highest BCUT2D eigenvalue weighted by Gasteiger charge is 2.22. The maximum Gasteiger partial charge on any atom is 0.0535 e. The van der Waals surface area contributed by atoms with E-state index >= 15 is 0 Å². The summed E-state index contributed by atoms with van der Waals surface area (Å²) in [6.45, 7) is 8.75. The number of rotatable bonds is 4. The van der Waals surface area contributed by atoms with Gasteiger partial charge in [-0.3, -0.25) is 5.10 Å². The third-order valence-corrected chi connectivity index (χ3v) is 2.91. The van der Waals surface area contributed by atoms with Gasteiger partial charge in [0.05, 0.1) is 6.20 Å². The standard InChI is InChI=1S/C12H21N3/c1-12(2,3)11-10(8-14-15-11)7-13-6-9-4-5-9/h8-9,13H,4-7H2,1-3H3,(H,14,15). The van der Waals surface area contributed by atoms with Crippen molar-refractivity contribution in [2.24, 2.45) is 5.92 Å². The highest BCUT2D eigenvalue weighted by molar-refractivity contribution is 5.23. The van der Waals surface area contributed by atoms with E-state index in [1.807, 2.05) is 6.20 Å². The van der Waals surface area contributed by atoms with E-state index in [1.165, 1.54) is 24.1 Å². The Morgan fingerprint density at radius 1 is 1.47 bits per heavy atom. The average molecular weight is 207 g/mol. The summed E-state index contributed by atoms with van der Waals surface area (Å²) in [5.41, 5.74) is 2.72. The van der Waals surface area contributed by atoms with E-state index < -0.39 is 0 Å². The Labute approximate surface area is 91.7 Å². The monoisotopic (exact) mass is 207 g/mol. The van der Waals surface area contributed by atoms with Gasteiger partial charge in [-0.1, -0.05) is 20.8 Å². The number of hydrogen-bond donors (Lipinski definition) is 2. The van der Waals surface area contributed by atoms with Crippen molar-refractivity contribution in [3.63, 3.8) is 0 Å². The normalized spacial score (nSPS) is 17.0. The molecule has 2 N–H and O–H groups in total.